The van der Waals surface area contributed by atoms with Gasteiger partial charge in [0.25, 0.3) is 0 Å². The van der Waals surface area contributed by atoms with E-state index in [-0.39, 0.29) is 41.5 Å². The minimum Gasteiger partial charge on any atom is -0.408 e. The van der Waals surface area contributed by atoms with Crippen LogP contribution in [0.15, 0.2) is 11.6 Å². The van der Waals surface area contributed by atoms with E-state index in [1.54, 1.807) is 7.11 Å². The highest BCUT2D eigenvalue weighted by molar-refractivity contribution is 6.74. The van der Waals surface area contributed by atoms with E-state index < -0.39 is 8.32 Å². The molecule has 0 saturated carbocycles. The van der Waals surface area contributed by atoms with E-state index in [2.05, 4.69) is 46.9 Å². The van der Waals surface area contributed by atoms with Crippen LogP contribution in [0.5, 0.6) is 0 Å². The highest BCUT2D eigenvalue weighted by Gasteiger charge is 2.51. The Balaban J connectivity index is 2.29. The van der Waals surface area contributed by atoms with Gasteiger partial charge >= 0.3 is 0 Å². The van der Waals surface area contributed by atoms with Crippen LogP contribution in [-0.4, -0.2) is 46.6 Å². The number of carbonyl (C=O) groups is 1. The number of Topliss-reactive ketones (excluding diaryl/α,β-unsaturated/α-hetero) is 1. The first-order valence-corrected chi connectivity index (χ1v) is 11.0. The van der Waals surface area contributed by atoms with E-state index >= 15 is 0 Å². The van der Waals surface area contributed by atoms with Gasteiger partial charge in [-0.05, 0) is 30.6 Å². The molecule has 0 radical (unpaired) electrons. The van der Waals surface area contributed by atoms with E-state index in [0.717, 1.165) is 0 Å². The van der Waals surface area contributed by atoms with Crippen molar-refractivity contribution in [3.8, 4) is 0 Å². The Morgan fingerprint density at radius 1 is 1.36 bits per heavy atom. The third-order valence-electron chi connectivity index (χ3n) is 5.42. The quantitative estimate of drug-likeness (QED) is 0.588. The number of methoxy groups -OCH3 is 1. The Morgan fingerprint density at radius 3 is 2.55 bits per heavy atom. The molecule has 2 rings (SSSR count). The van der Waals surface area contributed by atoms with E-state index in [1.807, 2.05) is 0 Å². The maximum Gasteiger partial charge on any atom is 0.193 e. The van der Waals surface area contributed by atoms with Crippen LogP contribution in [0.2, 0.25) is 18.1 Å². The fraction of sp³-hybridized carbons (Fsp3) is 0.824. The molecule has 0 aromatic carbocycles. The minimum absolute atomic E-state index is 0.101. The lowest BCUT2D eigenvalue weighted by atomic mass is 9.77. The maximum absolute atomic E-state index is 12.3. The standard InChI is InChI=1S/C17H30O4Si/c1-11-8-12(9-19-5)14-13(18)10-20-16(14)15(11)21-22(6,7)17(2,3)4/h8,12,14-16H,9-10H2,1-7H3/t12-,14+,15+,16-/m0/s1. The van der Waals surface area contributed by atoms with Gasteiger partial charge in [0.15, 0.2) is 14.1 Å². The van der Waals surface area contributed by atoms with Gasteiger partial charge in [-0.15, -0.1) is 0 Å². The number of hydrogen-bond acceptors (Lipinski definition) is 4. The Labute approximate surface area is 135 Å². The van der Waals surface area contributed by atoms with Crippen LogP contribution in [0.1, 0.15) is 27.7 Å². The predicted molar refractivity (Wildman–Crippen MR) is 89.4 cm³/mol. The highest BCUT2D eigenvalue weighted by atomic mass is 28.4. The number of ketones is 1. The van der Waals surface area contributed by atoms with Gasteiger partial charge in [-0.3, -0.25) is 4.79 Å². The second kappa shape index (κ2) is 6.19. The fourth-order valence-corrected chi connectivity index (χ4v) is 4.42. The van der Waals surface area contributed by atoms with Crippen LogP contribution in [0.4, 0.5) is 0 Å². The molecule has 0 N–H and O–H groups in total. The van der Waals surface area contributed by atoms with Crippen molar-refractivity contribution in [3.63, 3.8) is 0 Å². The molecule has 22 heavy (non-hydrogen) atoms. The van der Waals surface area contributed by atoms with Gasteiger partial charge in [-0.25, -0.2) is 0 Å². The smallest absolute Gasteiger partial charge is 0.193 e. The molecule has 1 aliphatic carbocycles. The van der Waals surface area contributed by atoms with E-state index in [9.17, 15) is 4.79 Å². The molecule has 0 bridgehead atoms. The second-order valence-corrected chi connectivity index (χ2v) is 12.9. The molecule has 0 amide bonds. The molecular weight excluding hydrogens is 296 g/mol. The Kier molecular flexibility index (Phi) is 5.02. The van der Waals surface area contributed by atoms with Crippen LogP contribution in [-0.2, 0) is 18.7 Å². The third-order valence-corrected chi connectivity index (χ3v) is 9.87. The summed E-state index contributed by atoms with van der Waals surface area (Å²) in [5, 5.41) is 0.134. The summed E-state index contributed by atoms with van der Waals surface area (Å²) in [5.41, 5.74) is 1.17. The molecule has 0 unspecified atom stereocenters. The first-order valence-electron chi connectivity index (χ1n) is 8.08. The fourth-order valence-electron chi connectivity index (χ4n) is 3.11. The van der Waals surface area contributed by atoms with Crippen molar-refractivity contribution < 1.29 is 18.7 Å². The van der Waals surface area contributed by atoms with Gasteiger partial charge < -0.3 is 13.9 Å². The number of hydrogen-bond donors (Lipinski definition) is 0. The zero-order valence-electron chi connectivity index (χ0n) is 14.9. The van der Waals surface area contributed by atoms with Crippen molar-refractivity contribution in [2.45, 2.75) is 58.0 Å². The van der Waals surface area contributed by atoms with Gasteiger partial charge in [0.1, 0.15) is 6.61 Å². The predicted octanol–water partition coefficient (Wildman–Crippen LogP) is 3.18. The molecule has 0 spiro atoms. The van der Waals surface area contributed by atoms with Crippen molar-refractivity contribution in [1.29, 1.82) is 0 Å². The van der Waals surface area contributed by atoms with E-state index in [1.165, 1.54) is 5.57 Å². The van der Waals surface area contributed by atoms with E-state index in [4.69, 9.17) is 13.9 Å². The summed E-state index contributed by atoms with van der Waals surface area (Å²) < 4.78 is 17.7. The van der Waals surface area contributed by atoms with Crippen molar-refractivity contribution >= 4 is 14.1 Å². The average molecular weight is 327 g/mol. The largest absolute Gasteiger partial charge is 0.408 e. The van der Waals surface area contributed by atoms with Crippen molar-refractivity contribution in [1.82, 2.24) is 0 Å². The summed E-state index contributed by atoms with van der Waals surface area (Å²) in [6.45, 7) is 14.0. The lowest BCUT2D eigenvalue weighted by Gasteiger charge is -2.44. The zero-order valence-corrected chi connectivity index (χ0v) is 15.9. The van der Waals surface area contributed by atoms with Crippen LogP contribution in [0, 0.1) is 11.8 Å². The zero-order chi connectivity index (χ0) is 16.7. The van der Waals surface area contributed by atoms with Crippen molar-refractivity contribution in [2.24, 2.45) is 11.8 Å². The minimum atomic E-state index is -1.92. The molecule has 0 aromatic heterocycles. The molecule has 5 heteroatoms. The number of fused-ring (bicyclic) bond motifs is 1. The summed E-state index contributed by atoms with van der Waals surface area (Å²) >= 11 is 0. The number of rotatable bonds is 4. The third kappa shape index (κ3) is 3.23. The molecule has 1 aliphatic heterocycles. The Bertz CT molecular complexity index is 464. The van der Waals surface area contributed by atoms with Crippen LogP contribution in [0.25, 0.3) is 0 Å². The molecule has 1 heterocycles. The van der Waals surface area contributed by atoms with Gasteiger partial charge in [0, 0.05) is 13.0 Å². The molecule has 4 nitrogen and oxygen atoms in total. The molecule has 126 valence electrons. The molecule has 1 saturated heterocycles. The summed E-state index contributed by atoms with van der Waals surface area (Å²) in [5.74, 6) is 0.155. The molecular formula is C17H30O4Si. The van der Waals surface area contributed by atoms with Crippen molar-refractivity contribution in [2.75, 3.05) is 20.3 Å². The number of carbonyl (C=O) groups excluding carboxylic acids is 1. The van der Waals surface area contributed by atoms with Crippen LogP contribution >= 0.6 is 0 Å². The molecule has 0 aromatic rings. The summed E-state index contributed by atoms with van der Waals surface area (Å²) in [7, 11) is -0.243. The lowest BCUT2D eigenvalue weighted by Crippen LogP contribution is -2.51. The van der Waals surface area contributed by atoms with Gasteiger partial charge in [0.05, 0.1) is 24.7 Å². The van der Waals surface area contributed by atoms with Crippen LogP contribution < -0.4 is 0 Å². The van der Waals surface area contributed by atoms with E-state index in [0.29, 0.717) is 6.61 Å². The van der Waals surface area contributed by atoms with Gasteiger partial charge in [-0.2, -0.15) is 0 Å². The SMILES string of the molecule is COC[C@@H]1C=C(C)[C@@H](O[Si](C)(C)C(C)(C)C)[C@H]2OCC(=O)[C@H]21. The summed E-state index contributed by atoms with van der Waals surface area (Å²) in [4.78, 5) is 12.3. The van der Waals surface area contributed by atoms with Gasteiger partial charge in [0.2, 0.25) is 0 Å². The first kappa shape index (κ1) is 17.9. The number of ether oxygens (including phenoxy) is 2. The Morgan fingerprint density at radius 2 is 2.00 bits per heavy atom. The molecule has 4 atom stereocenters. The normalized spacial score (nSPS) is 32.9. The summed E-state index contributed by atoms with van der Waals surface area (Å²) in [6.07, 6.45) is 1.90. The monoisotopic (exact) mass is 326 g/mol. The van der Waals surface area contributed by atoms with Crippen molar-refractivity contribution in [3.05, 3.63) is 11.6 Å². The van der Waals surface area contributed by atoms with Gasteiger partial charge in [-0.1, -0.05) is 26.8 Å². The molecule has 1 fully saturated rings. The first-order chi connectivity index (χ1) is 10.1. The summed E-state index contributed by atoms with van der Waals surface area (Å²) in [6, 6.07) is 0. The highest BCUT2D eigenvalue weighted by Crippen LogP contribution is 2.43. The topological polar surface area (TPSA) is 44.8 Å². The lowest BCUT2D eigenvalue weighted by molar-refractivity contribution is -0.122. The molecule has 2 aliphatic rings. The maximum atomic E-state index is 12.3. The Hall–Kier alpha value is -0.493. The van der Waals surface area contributed by atoms with Crippen LogP contribution in [0.3, 0.4) is 0 Å². The average Bonchev–Trinajstić information content (AvgIpc) is 2.75. The second-order valence-electron chi connectivity index (χ2n) is 8.10.